The molecule has 3 fully saturated rings. The molecule has 9 nitrogen and oxygen atoms in total. The maximum absolute atomic E-state index is 5.53. The predicted molar refractivity (Wildman–Crippen MR) is 127 cm³/mol. The molecule has 4 heterocycles. The number of rotatable bonds is 6. The summed E-state index contributed by atoms with van der Waals surface area (Å²) in [6.45, 7) is 10.5. The normalized spacial score (nSPS) is 20.9. The molecule has 31 heavy (non-hydrogen) atoms. The molecular weight excluding hydrogens is 414 g/mol. The lowest BCUT2D eigenvalue weighted by Gasteiger charge is -2.30. The van der Waals surface area contributed by atoms with E-state index in [0.29, 0.717) is 11.1 Å². The van der Waals surface area contributed by atoms with Crippen molar-refractivity contribution in [3.05, 3.63) is 6.07 Å². The van der Waals surface area contributed by atoms with Gasteiger partial charge in [-0.15, -0.1) is 0 Å². The van der Waals surface area contributed by atoms with Crippen LogP contribution in [-0.4, -0.2) is 98.8 Å². The van der Waals surface area contributed by atoms with E-state index >= 15 is 0 Å². The van der Waals surface area contributed by atoms with Gasteiger partial charge in [0, 0.05) is 58.4 Å². The summed E-state index contributed by atoms with van der Waals surface area (Å²) in [6.07, 6.45) is 5.00. The Hall–Kier alpha value is -1.75. The molecule has 0 unspecified atom stereocenters. The minimum Gasteiger partial charge on any atom is -0.379 e. The number of hydrogen-bond donors (Lipinski definition) is 2. The zero-order valence-corrected chi connectivity index (χ0v) is 19.2. The monoisotopic (exact) mass is 449 g/mol. The van der Waals surface area contributed by atoms with Crippen LogP contribution in [0.2, 0.25) is 0 Å². The second kappa shape index (κ2) is 11.8. The summed E-state index contributed by atoms with van der Waals surface area (Å²) in [6, 6.07) is 2.12. The Bertz CT molecular complexity index is 703. The summed E-state index contributed by atoms with van der Waals surface area (Å²) in [7, 11) is 0. The van der Waals surface area contributed by atoms with E-state index in [1.165, 1.54) is 25.7 Å². The van der Waals surface area contributed by atoms with Gasteiger partial charge in [0.1, 0.15) is 11.6 Å². The van der Waals surface area contributed by atoms with Crippen LogP contribution in [0.3, 0.4) is 0 Å². The van der Waals surface area contributed by atoms with Crippen LogP contribution >= 0.6 is 12.2 Å². The summed E-state index contributed by atoms with van der Waals surface area (Å²) < 4.78 is 10.9. The van der Waals surface area contributed by atoms with Crippen LogP contribution in [0.5, 0.6) is 0 Å². The highest BCUT2D eigenvalue weighted by molar-refractivity contribution is 7.80. The van der Waals surface area contributed by atoms with Crippen LogP contribution < -0.4 is 20.4 Å². The average Bonchev–Trinajstić information content (AvgIpc) is 3.10. The van der Waals surface area contributed by atoms with Gasteiger partial charge in [-0.2, -0.15) is 9.97 Å². The Balaban J connectivity index is 1.40. The maximum atomic E-state index is 5.53. The van der Waals surface area contributed by atoms with Gasteiger partial charge in [-0.1, -0.05) is 12.8 Å². The molecular formula is C21H35N7O2S. The van der Waals surface area contributed by atoms with Gasteiger partial charge < -0.3 is 29.9 Å². The van der Waals surface area contributed by atoms with E-state index in [1.807, 2.05) is 0 Å². The van der Waals surface area contributed by atoms with Crippen molar-refractivity contribution in [2.75, 3.05) is 93.9 Å². The quantitative estimate of drug-likeness (QED) is 0.621. The highest BCUT2D eigenvalue weighted by Gasteiger charge is 2.19. The second-order valence-electron chi connectivity index (χ2n) is 8.24. The fourth-order valence-electron chi connectivity index (χ4n) is 4.19. The topological polar surface area (TPSA) is 78.0 Å². The minimum absolute atomic E-state index is 0.562. The number of thiocarbonyl (C=S) groups is 1. The Kier molecular flexibility index (Phi) is 8.51. The van der Waals surface area contributed by atoms with Crippen LogP contribution in [-0.2, 0) is 9.47 Å². The average molecular weight is 450 g/mol. The molecule has 10 heteroatoms. The minimum atomic E-state index is 0.562. The summed E-state index contributed by atoms with van der Waals surface area (Å²) in [5.41, 5.74) is 0. The molecule has 0 aromatic carbocycles. The number of anilines is 3. The molecule has 172 valence electrons. The molecule has 0 aliphatic carbocycles. The Morgan fingerprint density at radius 1 is 0.839 bits per heavy atom. The number of nitrogens with one attached hydrogen (secondary N) is 2. The molecule has 0 spiro atoms. The van der Waals surface area contributed by atoms with Gasteiger partial charge in [-0.3, -0.25) is 4.90 Å². The summed E-state index contributed by atoms with van der Waals surface area (Å²) >= 11 is 5.53. The molecule has 3 aliphatic heterocycles. The number of nitrogens with zero attached hydrogens (tertiary/aromatic N) is 5. The maximum Gasteiger partial charge on any atom is 0.232 e. The fourth-order valence-corrected chi connectivity index (χ4v) is 4.39. The summed E-state index contributed by atoms with van der Waals surface area (Å²) in [5, 5.41) is 7.09. The summed E-state index contributed by atoms with van der Waals surface area (Å²) in [5.74, 6) is 2.49. The highest BCUT2D eigenvalue weighted by atomic mass is 32.1. The molecule has 1 aromatic rings. The summed E-state index contributed by atoms with van der Waals surface area (Å²) in [4.78, 5) is 16.6. The lowest BCUT2D eigenvalue weighted by molar-refractivity contribution is 0.0389. The van der Waals surface area contributed by atoms with E-state index in [4.69, 9.17) is 31.7 Å². The molecule has 4 rings (SSSR count). The second-order valence-corrected chi connectivity index (χ2v) is 8.65. The molecule has 0 radical (unpaired) electrons. The van der Waals surface area contributed by atoms with Crippen molar-refractivity contribution in [3.63, 3.8) is 0 Å². The largest absolute Gasteiger partial charge is 0.379 e. The SMILES string of the molecule is S=C(NCCN1CCOCC1)Nc1nc(N2CCCCCC2)cc(N2CCOCC2)n1. The van der Waals surface area contributed by atoms with Gasteiger partial charge in [-0.05, 0) is 25.1 Å². The first-order valence-corrected chi connectivity index (χ1v) is 12.0. The number of morpholine rings is 2. The number of aromatic nitrogens is 2. The Morgan fingerprint density at radius 3 is 2.06 bits per heavy atom. The number of hydrogen-bond acceptors (Lipinski definition) is 8. The van der Waals surface area contributed by atoms with E-state index in [2.05, 4.69) is 31.4 Å². The van der Waals surface area contributed by atoms with Crippen molar-refractivity contribution in [3.8, 4) is 0 Å². The van der Waals surface area contributed by atoms with Crippen LogP contribution in [0.1, 0.15) is 25.7 Å². The first-order chi connectivity index (χ1) is 15.3. The fraction of sp³-hybridized carbons (Fsp3) is 0.762. The molecule has 0 saturated carbocycles. The molecule has 1 aromatic heterocycles. The lowest BCUT2D eigenvalue weighted by Crippen LogP contribution is -2.42. The first kappa shape index (κ1) is 22.4. The van der Waals surface area contributed by atoms with E-state index in [9.17, 15) is 0 Å². The van der Waals surface area contributed by atoms with Gasteiger partial charge in [-0.25, -0.2) is 0 Å². The van der Waals surface area contributed by atoms with Gasteiger partial charge in [0.15, 0.2) is 5.11 Å². The highest BCUT2D eigenvalue weighted by Crippen LogP contribution is 2.24. The molecule has 0 atom stereocenters. The molecule has 3 saturated heterocycles. The number of ether oxygens (including phenoxy) is 2. The molecule has 0 amide bonds. The Morgan fingerprint density at radius 2 is 1.42 bits per heavy atom. The first-order valence-electron chi connectivity index (χ1n) is 11.6. The molecule has 0 bridgehead atoms. The molecule has 2 N–H and O–H groups in total. The van der Waals surface area contributed by atoms with Crippen molar-refractivity contribution >= 4 is 34.9 Å². The third-order valence-electron chi connectivity index (χ3n) is 6.01. The van der Waals surface area contributed by atoms with Crippen LogP contribution in [0.15, 0.2) is 6.07 Å². The van der Waals surface area contributed by atoms with Gasteiger partial charge in [0.25, 0.3) is 0 Å². The van der Waals surface area contributed by atoms with Crippen LogP contribution in [0, 0.1) is 0 Å². The van der Waals surface area contributed by atoms with Crippen molar-refractivity contribution in [1.29, 1.82) is 0 Å². The zero-order valence-electron chi connectivity index (χ0n) is 18.4. The smallest absolute Gasteiger partial charge is 0.232 e. The van der Waals surface area contributed by atoms with Gasteiger partial charge in [0.05, 0.1) is 26.4 Å². The van der Waals surface area contributed by atoms with Gasteiger partial charge >= 0.3 is 0 Å². The van der Waals surface area contributed by atoms with Crippen molar-refractivity contribution in [2.24, 2.45) is 0 Å². The third kappa shape index (κ3) is 6.86. The molecule has 3 aliphatic rings. The van der Waals surface area contributed by atoms with E-state index in [1.54, 1.807) is 0 Å². The standard InChI is InChI=1S/C21H35N7O2S/c31-21(22-5-8-26-9-13-29-14-10-26)25-20-23-18(27-6-3-1-2-4-7-27)17-19(24-20)28-11-15-30-16-12-28/h17H,1-16H2,(H2,22,23,24,25,31). The zero-order chi connectivity index (χ0) is 21.3. The van der Waals surface area contributed by atoms with Crippen LogP contribution in [0.25, 0.3) is 0 Å². The lowest BCUT2D eigenvalue weighted by atomic mass is 10.2. The van der Waals surface area contributed by atoms with Crippen molar-refractivity contribution in [2.45, 2.75) is 25.7 Å². The van der Waals surface area contributed by atoms with Crippen molar-refractivity contribution < 1.29 is 9.47 Å². The predicted octanol–water partition coefficient (Wildman–Crippen LogP) is 1.31. The third-order valence-corrected chi connectivity index (χ3v) is 6.25. The van der Waals surface area contributed by atoms with Crippen molar-refractivity contribution in [1.82, 2.24) is 20.2 Å². The Labute approximate surface area is 190 Å². The van der Waals surface area contributed by atoms with Crippen LogP contribution in [0.4, 0.5) is 17.6 Å². The van der Waals surface area contributed by atoms with Gasteiger partial charge in [0.2, 0.25) is 5.95 Å². The van der Waals surface area contributed by atoms with E-state index < -0.39 is 0 Å². The van der Waals surface area contributed by atoms with E-state index in [0.717, 1.165) is 90.4 Å². The van der Waals surface area contributed by atoms with E-state index in [-0.39, 0.29) is 0 Å².